The molecule has 7 nitrogen and oxygen atoms in total. The highest BCUT2D eigenvalue weighted by Crippen LogP contribution is 2.10. The van der Waals surface area contributed by atoms with E-state index in [1.807, 2.05) is 31.2 Å². The molecule has 120 valence electrons. The van der Waals surface area contributed by atoms with Crippen LogP contribution in [0.4, 0.5) is 0 Å². The van der Waals surface area contributed by atoms with Crippen LogP contribution >= 0.6 is 0 Å². The number of hydrogen-bond donors (Lipinski definition) is 2. The molecule has 0 amide bonds. The van der Waals surface area contributed by atoms with Crippen molar-refractivity contribution in [3.05, 3.63) is 40.4 Å². The largest absolute Gasteiger partial charge is 0.497 e. The number of nitrogens with one attached hydrogen (secondary N) is 2. The molecular weight excluding hydrogens is 286 g/mol. The van der Waals surface area contributed by atoms with E-state index in [1.165, 1.54) is 0 Å². The first kappa shape index (κ1) is 16.3. The van der Waals surface area contributed by atoms with Crippen molar-refractivity contribution in [2.45, 2.75) is 19.9 Å². The Kier molecular flexibility index (Phi) is 6.17. The molecule has 7 heteroatoms. The highest BCUT2D eigenvalue weighted by Gasteiger charge is 2.22. The summed E-state index contributed by atoms with van der Waals surface area (Å²) in [5.74, 6) is 0.755. The first-order valence-electron chi connectivity index (χ1n) is 7.31. The fourth-order valence-corrected chi connectivity index (χ4v) is 2.03. The van der Waals surface area contributed by atoms with Crippen LogP contribution in [-0.2, 0) is 11.3 Å². The third-order valence-electron chi connectivity index (χ3n) is 3.20. The van der Waals surface area contributed by atoms with E-state index in [2.05, 4.69) is 10.6 Å². The second-order valence-corrected chi connectivity index (χ2v) is 4.69. The number of benzene rings is 1. The van der Waals surface area contributed by atoms with Gasteiger partial charge in [-0.05, 0) is 42.0 Å². The van der Waals surface area contributed by atoms with Crippen LogP contribution in [0, 0.1) is 0 Å². The fraction of sp³-hybridized carbons (Fsp3) is 0.467. The van der Waals surface area contributed by atoms with Crippen LogP contribution in [0.3, 0.4) is 0 Å². The van der Waals surface area contributed by atoms with Gasteiger partial charge in [-0.15, -0.1) is 0 Å². The number of H-pyrrole nitrogens is 1. The molecule has 0 bridgehead atoms. The average Bonchev–Trinajstić information content (AvgIpc) is 2.92. The van der Waals surface area contributed by atoms with E-state index in [0.29, 0.717) is 18.8 Å². The predicted octanol–water partition coefficient (Wildman–Crippen LogP) is 0.769. The molecule has 1 heterocycles. The minimum Gasteiger partial charge on any atom is -0.497 e. The van der Waals surface area contributed by atoms with E-state index in [1.54, 1.807) is 11.8 Å². The molecule has 1 aromatic carbocycles. The molecule has 0 aliphatic heterocycles. The smallest absolute Gasteiger partial charge is 0.431 e. The maximum atomic E-state index is 11.8. The number of ether oxygens (including phenoxy) is 2. The van der Waals surface area contributed by atoms with Crippen molar-refractivity contribution < 1.29 is 18.7 Å². The first-order chi connectivity index (χ1) is 10.8. The quantitative estimate of drug-likeness (QED) is 0.528. The lowest BCUT2D eigenvalue weighted by Crippen LogP contribution is -2.41. The Labute approximate surface area is 128 Å². The summed E-state index contributed by atoms with van der Waals surface area (Å²) in [4.78, 5) is 11.8. The van der Waals surface area contributed by atoms with Crippen molar-refractivity contribution in [2.75, 3.05) is 26.9 Å². The Morgan fingerprint density at radius 3 is 2.77 bits per heavy atom. The third-order valence-corrected chi connectivity index (χ3v) is 3.20. The van der Waals surface area contributed by atoms with Gasteiger partial charge >= 0.3 is 11.3 Å². The fourth-order valence-electron chi connectivity index (χ4n) is 2.03. The van der Waals surface area contributed by atoms with Gasteiger partial charge in [-0.25, -0.2) is 4.79 Å². The predicted molar refractivity (Wildman–Crippen MR) is 80.2 cm³/mol. The van der Waals surface area contributed by atoms with E-state index in [9.17, 15) is 4.79 Å². The van der Waals surface area contributed by atoms with Crippen LogP contribution in [0.1, 0.15) is 19.0 Å². The molecule has 0 spiro atoms. The molecule has 0 saturated heterocycles. The molecular formula is C15H22N3O4+. The molecule has 2 N–H and O–H groups in total. The number of methoxy groups -OCH3 is 1. The lowest BCUT2D eigenvalue weighted by Gasteiger charge is -2.02. The molecule has 0 aliphatic rings. The second kappa shape index (κ2) is 8.35. The van der Waals surface area contributed by atoms with E-state index >= 15 is 0 Å². The van der Waals surface area contributed by atoms with Gasteiger partial charge in [0.05, 0.1) is 13.7 Å². The van der Waals surface area contributed by atoms with Gasteiger partial charge < -0.3 is 14.8 Å². The average molecular weight is 308 g/mol. The summed E-state index contributed by atoms with van der Waals surface area (Å²) < 4.78 is 16.9. The van der Waals surface area contributed by atoms with Gasteiger partial charge in [0, 0.05) is 25.3 Å². The highest BCUT2D eigenvalue weighted by atomic mass is 16.5. The maximum absolute atomic E-state index is 11.8. The van der Waals surface area contributed by atoms with Crippen molar-refractivity contribution in [1.82, 2.24) is 10.6 Å². The van der Waals surface area contributed by atoms with Gasteiger partial charge in [0.1, 0.15) is 5.75 Å². The van der Waals surface area contributed by atoms with Gasteiger partial charge in [-0.1, -0.05) is 0 Å². The summed E-state index contributed by atoms with van der Waals surface area (Å²) in [5.41, 5.74) is 0.937. The molecule has 0 unspecified atom stereocenters. The molecule has 0 aliphatic carbocycles. The molecule has 2 aromatic rings. The molecule has 2 rings (SSSR count). The summed E-state index contributed by atoms with van der Waals surface area (Å²) in [6.45, 7) is 4.59. The SMILES string of the molecule is CCOCCCNCc1c(=O)o[nH][n+]1-c1ccc(OC)cc1. The second-order valence-electron chi connectivity index (χ2n) is 4.69. The number of nitrogens with zero attached hydrogens (tertiary/aromatic N) is 1. The standard InChI is InChI=1S/C15H21N3O4/c1-3-21-10-4-9-16-11-14-15(19)22-17-18(14)12-5-7-13(20-2)8-6-12/h5-8,16H,3-4,9-11H2,1-2H3/p+1. The molecule has 0 fully saturated rings. The van der Waals surface area contributed by atoms with Gasteiger partial charge in [0.25, 0.3) is 0 Å². The van der Waals surface area contributed by atoms with E-state index in [4.69, 9.17) is 14.0 Å². The van der Waals surface area contributed by atoms with Crippen LogP contribution in [0.2, 0.25) is 0 Å². The molecule has 0 radical (unpaired) electrons. The Morgan fingerprint density at radius 1 is 1.32 bits per heavy atom. The first-order valence-corrected chi connectivity index (χ1v) is 7.31. The van der Waals surface area contributed by atoms with Gasteiger partial charge in [0.2, 0.25) is 5.69 Å². The molecule has 1 aromatic heterocycles. The lowest BCUT2D eigenvalue weighted by molar-refractivity contribution is -0.677. The minimum absolute atomic E-state index is 0.381. The molecule has 0 atom stereocenters. The zero-order valence-corrected chi connectivity index (χ0v) is 12.9. The highest BCUT2D eigenvalue weighted by molar-refractivity contribution is 5.31. The monoisotopic (exact) mass is 308 g/mol. The molecule has 22 heavy (non-hydrogen) atoms. The third kappa shape index (κ3) is 4.19. The summed E-state index contributed by atoms with van der Waals surface area (Å²) in [6, 6.07) is 7.35. The van der Waals surface area contributed by atoms with Crippen molar-refractivity contribution in [3.63, 3.8) is 0 Å². The summed E-state index contributed by atoms with van der Waals surface area (Å²) >= 11 is 0. The summed E-state index contributed by atoms with van der Waals surface area (Å²) in [5, 5.41) is 5.83. The topological polar surface area (TPSA) is 80.4 Å². The van der Waals surface area contributed by atoms with Crippen molar-refractivity contribution >= 4 is 0 Å². The number of rotatable bonds is 9. The zero-order valence-electron chi connectivity index (χ0n) is 12.9. The van der Waals surface area contributed by atoms with Crippen LogP contribution in [0.5, 0.6) is 5.75 Å². The lowest BCUT2D eigenvalue weighted by atomic mass is 10.3. The summed E-state index contributed by atoms with van der Waals surface area (Å²) in [7, 11) is 1.61. The Morgan fingerprint density at radius 2 is 2.09 bits per heavy atom. The number of aromatic amines is 1. The van der Waals surface area contributed by atoms with Gasteiger partial charge in [-0.2, -0.15) is 0 Å². The van der Waals surface area contributed by atoms with E-state index in [0.717, 1.165) is 31.0 Å². The zero-order chi connectivity index (χ0) is 15.8. The van der Waals surface area contributed by atoms with Crippen LogP contribution in [0.15, 0.2) is 33.6 Å². The van der Waals surface area contributed by atoms with Crippen LogP contribution < -0.4 is 20.4 Å². The van der Waals surface area contributed by atoms with Gasteiger partial charge in [0.15, 0.2) is 0 Å². The number of hydrogen-bond acceptors (Lipinski definition) is 5. The Balaban J connectivity index is 1.99. The normalized spacial score (nSPS) is 10.8. The van der Waals surface area contributed by atoms with E-state index < -0.39 is 0 Å². The van der Waals surface area contributed by atoms with Gasteiger partial charge in [-0.3, -0.25) is 4.52 Å². The van der Waals surface area contributed by atoms with Crippen LogP contribution in [-0.4, -0.2) is 32.1 Å². The Bertz CT molecular complexity index is 618. The van der Waals surface area contributed by atoms with E-state index in [-0.39, 0.29) is 5.63 Å². The number of aromatic nitrogens is 2. The maximum Gasteiger partial charge on any atom is 0.431 e. The summed E-state index contributed by atoms with van der Waals surface area (Å²) in [6.07, 6.45) is 0.895. The van der Waals surface area contributed by atoms with Crippen molar-refractivity contribution in [2.24, 2.45) is 0 Å². The molecule has 0 saturated carbocycles. The van der Waals surface area contributed by atoms with Crippen molar-refractivity contribution in [3.8, 4) is 11.4 Å². The minimum atomic E-state index is -0.381. The Hall–Kier alpha value is -2.12. The van der Waals surface area contributed by atoms with Crippen molar-refractivity contribution in [1.29, 1.82) is 0 Å². The van der Waals surface area contributed by atoms with Crippen LogP contribution in [0.25, 0.3) is 5.69 Å².